The van der Waals surface area contributed by atoms with Crippen LogP contribution in [0.3, 0.4) is 0 Å². The summed E-state index contributed by atoms with van der Waals surface area (Å²) in [4.78, 5) is 16.2. The van der Waals surface area contributed by atoms with Gasteiger partial charge in [-0.2, -0.15) is 0 Å². The molecule has 2 heterocycles. The first-order chi connectivity index (χ1) is 10.2. The van der Waals surface area contributed by atoms with Gasteiger partial charge in [0.15, 0.2) is 0 Å². The van der Waals surface area contributed by atoms with Crippen molar-refractivity contribution < 1.29 is 9.90 Å². The van der Waals surface area contributed by atoms with Crippen molar-refractivity contribution in [2.45, 2.75) is 38.6 Å². The van der Waals surface area contributed by atoms with E-state index in [1.807, 2.05) is 17.9 Å². The van der Waals surface area contributed by atoms with Crippen LogP contribution >= 0.6 is 11.3 Å². The second-order valence-electron chi connectivity index (χ2n) is 5.31. The molecule has 0 radical (unpaired) electrons. The second kappa shape index (κ2) is 7.60. The fourth-order valence-electron chi connectivity index (χ4n) is 2.62. The lowest BCUT2D eigenvalue weighted by molar-refractivity contribution is 0.0604. The summed E-state index contributed by atoms with van der Waals surface area (Å²) in [5.74, 6) is 5.86. The Kier molecular flexibility index (Phi) is 5.80. The molecule has 1 aliphatic heterocycles. The number of hydrogen-bond acceptors (Lipinski definition) is 4. The Hall–Kier alpha value is -1.35. The molecule has 0 spiro atoms. The SMILES string of the molecule is Cc1cc(C(=O)N2CCCCCC2CO)sc1C#CCN. The maximum Gasteiger partial charge on any atom is 0.264 e. The largest absolute Gasteiger partial charge is 0.394 e. The Morgan fingerprint density at radius 3 is 3.05 bits per heavy atom. The van der Waals surface area contributed by atoms with Crippen molar-refractivity contribution >= 4 is 17.2 Å². The van der Waals surface area contributed by atoms with Crippen LogP contribution in [0.15, 0.2) is 6.07 Å². The Labute approximate surface area is 129 Å². The third kappa shape index (κ3) is 3.85. The minimum Gasteiger partial charge on any atom is -0.394 e. The molecule has 1 fully saturated rings. The van der Waals surface area contributed by atoms with E-state index in [1.165, 1.54) is 11.3 Å². The summed E-state index contributed by atoms with van der Waals surface area (Å²) in [7, 11) is 0. The minimum absolute atomic E-state index is 0.0184. The number of aliphatic hydroxyl groups is 1. The van der Waals surface area contributed by atoms with Gasteiger partial charge < -0.3 is 15.7 Å². The summed E-state index contributed by atoms with van der Waals surface area (Å²) in [5.41, 5.74) is 6.41. The van der Waals surface area contributed by atoms with Gasteiger partial charge in [-0.1, -0.05) is 24.7 Å². The molecule has 4 nitrogen and oxygen atoms in total. The van der Waals surface area contributed by atoms with Gasteiger partial charge in [0.2, 0.25) is 0 Å². The fourth-order valence-corrected chi connectivity index (χ4v) is 3.62. The smallest absolute Gasteiger partial charge is 0.264 e. The number of amides is 1. The number of aliphatic hydroxyl groups excluding tert-OH is 1. The van der Waals surface area contributed by atoms with Gasteiger partial charge in [0.1, 0.15) is 0 Å². The minimum atomic E-state index is -0.0546. The molecule has 1 aromatic rings. The van der Waals surface area contributed by atoms with Gasteiger partial charge in [0.25, 0.3) is 5.91 Å². The molecule has 2 rings (SSSR count). The molecule has 1 aromatic heterocycles. The lowest BCUT2D eigenvalue weighted by Crippen LogP contribution is -2.41. The molecule has 0 bridgehead atoms. The quantitative estimate of drug-likeness (QED) is 0.818. The maximum absolute atomic E-state index is 12.7. The van der Waals surface area contributed by atoms with Gasteiger partial charge in [0, 0.05) is 6.54 Å². The zero-order chi connectivity index (χ0) is 15.2. The average Bonchev–Trinajstić information content (AvgIpc) is 2.72. The summed E-state index contributed by atoms with van der Waals surface area (Å²) >= 11 is 1.42. The molecule has 1 saturated heterocycles. The molecular weight excluding hydrogens is 284 g/mol. The van der Waals surface area contributed by atoms with Crippen LogP contribution < -0.4 is 5.73 Å². The maximum atomic E-state index is 12.7. The molecule has 0 aliphatic carbocycles. The van der Waals surface area contributed by atoms with E-state index in [0.717, 1.165) is 42.7 Å². The second-order valence-corrected chi connectivity index (χ2v) is 6.37. The lowest BCUT2D eigenvalue weighted by Gasteiger charge is -2.28. The molecule has 0 saturated carbocycles. The topological polar surface area (TPSA) is 66.6 Å². The summed E-state index contributed by atoms with van der Waals surface area (Å²) in [6.45, 7) is 3.04. The van der Waals surface area contributed by atoms with Crippen LogP contribution in [0.1, 0.15) is 45.8 Å². The Bertz CT molecular complexity index is 556. The van der Waals surface area contributed by atoms with E-state index in [-0.39, 0.29) is 18.6 Å². The van der Waals surface area contributed by atoms with Crippen molar-refractivity contribution in [2.75, 3.05) is 19.7 Å². The highest BCUT2D eigenvalue weighted by Gasteiger charge is 2.27. The van der Waals surface area contributed by atoms with Crippen LogP contribution in [0.2, 0.25) is 0 Å². The van der Waals surface area contributed by atoms with Crippen molar-refractivity contribution in [3.8, 4) is 11.8 Å². The first kappa shape index (κ1) is 16.0. The van der Waals surface area contributed by atoms with Crippen LogP contribution in [0.4, 0.5) is 0 Å². The molecule has 1 amide bonds. The van der Waals surface area contributed by atoms with Crippen LogP contribution in [0.5, 0.6) is 0 Å². The molecule has 114 valence electrons. The van der Waals surface area contributed by atoms with Crippen molar-refractivity contribution in [3.63, 3.8) is 0 Å². The van der Waals surface area contributed by atoms with Crippen molar-refractivity contribution in [3.05, 3.63) is 21.4 Å². The van der Waals surface area contributed by atoms with E-state index < -0.39 is 0 Å². The highest BCUT2D eigenvalue weighted by Crippen LogP contribution is 2.25. The Morgan fingerprint density at radius 1 is 1.52 bits per heavy atom. The molecule has 1 aliphatic rings. The van der Waals surface area contributed by atoms with E-state index in [1.54, 1.807) is 0 Å². The van der Waals surface area contributed by atoms with Gasteiger partial charge in [-0.3, -0.25) is 4.79 Å². The number of aryl methyl sites for hydroxylation is 1. The standard InChI is InChI=1S/C16H22N2O2S/c1-12-10-15(21-14(12)7-5-8-17)16(20)18-9-4-2-3-6-13(18)11-19/h10,13,19H,2-4,6,8-9,11,17H2,1H3. The fraction of sp³-hybridized carbons (Fsp3) is 0.562. The number of nitrogens with zero attached hydrogens (tertiary/aromatic N) is 1. The highest BCUT2D eigenvalue weighted by atomic mass is 32.1. The third-order valence-electron chi connectivity index (χ3n) is 3.78. The summed E-state index contributed by atoms with van der Waals surface area (Å²) in [5, 5.41) is 9.53. The number of likely N-dealkylation sites (tertiary alicyclic amines) is 1. The highest BCUT2D eigenvalue weighted by molar-refractivity contribution is 7.14. The molecule has 5 heteroatoms. The summed E-state index contributed by atoms with van der Waals surface area (Å²) in [6.07, 6.45) is 4.08. The lowest BCUT2D eigenvalue weighted by atomic mass is 10.1. The van der Waals surface area contributed by atoms with E-state index in [0.29, 0.717) is 11.4 Å². The first-order valence-electron chi connectivity index (χ1n) is 7.38. The first-order valence-corrected chi connectivity index (χ1v) is 8.20. The number of carbonyl (C=O) groups is 1. The van der Waals surface area contributed by atoms with Gasteiger partial charge in [-0.15, -0.1) is 11.3 Å². The van der Waals surface area contributed by atoms with Crippen molar-refractivity contribution in [1.82, 2.24) is 4.90 Å². The monoisotopic (exact) mass is 306 g/mol. The van der Waals surface area contributed by atoms with Gasteiger partial charge in [0.05, 0.1) is 28.9 Å². The number of thiophene rings is 1. The van der Waals surface area contributed by atoms with E-state index in [4.69, 9.17) is 5.73 Å². The normalized spacial score (nSPS) is 18.8. The van der Waals surface area contributed by atoms with E-state index >= 15 is 0 Å². The predicted molar refractivity (Wildman–Crippen MR) is 85.4 cm³/mol. The van der Waals surface area contributed by atoms with E-state index in [2.05, 4.69) is 11.8 Å². The molecule has 3 N–H and O–H groups in total. The van der Waals surface area contributed by atoms with Crippen LogP contribution in [-0.2, 0) is 0 Å². The van der Waals surface area contributed by atoms with Gasteiger partial charge >= 0.3 is 0 Å². The summed E-state index contributed by atoms with van der Waals surface area (Å²) < 4.78 is 0. The van der Waals surface area contributed by atoms with E-state index in [9.17, 15) is 9.90 Å². The number of hydrogen-bond donors (Lipinski definition) is 2. The number of nitrogens with two attached hydrogens (primary N) is 1. The van der Waals surface area contributed by atoms with Crippen LogP contribution in [0.25, 0.3) is 0 Å². The van der Waals surface area contributed by atoms with Crippen LogP contribution in [-0.4, -0.2) is 41.7 Å². The van der Waals surface area contributed by atoms with Crippen LogP contribution in [0, 0.1) is 18.8 Å². The molecular formula is C16H22N2O2S. The van der Waals surface area contributed by atoms with Gasteiger partial charge in [-0.05, 0) is 31.4 Å². The summed E-state index contributed by atoms with van der Waals surface area (Å²) in [6, 6.07) is 1.84. The third-order valence-corrected chi connectivity index (χ3v) is 4.92. The Balaban J connectivity index is 2.21. The average molecular weight is 306 g/mol. The predicted octanol–water partition coefficient (Wildman–Crippen LogP) is 1.74. The molecule has 1 atom stereocenters. The number of carbonyl (C=O) groups excluding carboxylic acids is 1. The zero-order valence-electron chi connectivity index (χ0n) is 12.4. The molecule has 21 heavy (non-hydrogen) atoms. The van der Waals surface area contributed by atoms with Crippen molar-refractivity contribution in [1.29, 1.82) is 0 Å². The molecule has 0 aromatic carbocycles. The van der Waals surface area contributed by atoms with Gasteiger partial charge in [-0.25, -0.2) is 0 Å². The zero-order valence-corrected chi connectivity index (χ0v) is 13.2. The molecule has 1 unspecified atom stereocenters. The Morgan fingerprint density at radius 2 is 2.33 bits per heavy atom. The number of rotatable bonds is 2. The van der Waals surface area contributed by atoms with Crippen molar-refractivity contribution in [2.24, 2.45) is 5.73 Å².